The summed E-state index contributed by atoms with van der Waals surface area (Å²) >= 11 is 0. The Balaban J connectivity index is 2.15. The van der Waals surface area contributed by atoms with E-state index in [4.69, 9.17) is 4.74 Å². The molecule has 0 unspecified atom stereocenters. The number of benzene rings is 2. The second kappa shape index (κ2) is 7.16. The van der Waals surface area contributed by atoms with Gasteiger partial charge in [-0.1, -0.05) is 0 Å². The highest BCUT2D eigenvalue weighted by Gasteiger charge is 2.28. The predicted octanol–water partition coefficient (Wildman–Crippen LogP) is 4.39. The van der Waals surface area contributed by atoms with Crippen molar-refractivity contribution in [3.63, 3.8) is 0 Å². The van der Waals surface area contributed by atoms with E-state index in [1.807, 2.05) is 0 Å². The molecule has 0 aliphatic rings. The molecule has 0 atom stereocenters. The van der Waals surface area contributed by atoms with Gasteiger partial charge in [-0.3, -0.25) is 5.32 Å². The summed E-state index contributed by atoms with van der Waals surface area (Å²) in [5.41, 5.74) is 0.160. The lowest BCUT2D eigenvalue weighted by molar-refractivity contribution is 0.208. The number of amides is 1. The van der Waals surface area contributed by atoms with Crippen LogP contribution < -0.4 is 14.8 Å². The van der Waals surface area contributed by atoms with Gasteiger partial charge in [0.1, 0.15) is 5.75 Å². The minimum Gasteiger partial charge on any atom is -0.494 e. The SMILES string of the molecule is CCOc1ccc(NC(=O)Oc2c(F)c(F)c(F)c(F)c2F)cc1. The summed E-state index contributed by atoms with van der Waals surface area (Å²) in [6.45, 7) is 2.20. The average Bonchev–Trinajstić information content (AvgIpc) is 2.57. The lowest BCUT2D eigenvalue weighted by Gasteiger charge is -2.10. The van der Waals surface area contributed by atoms with E-state index in [0.717, 1.165) is 0 Å². The van der Waals surface area contributed by atoms with Crippen LogP contribution in [0.4, 0.5) is 32.4 Å². The van der Waals surface area contributed by atoms with Crippen molar-refractivity contribution in [2.24, 2.45) is 0 Å². The van der Waals surface area contributed by atoms with Gasteiger partial charge < -0.3 is 9.47 Å². The van der Waals surface area contributed by atoms with Crippen LogP contribution in [-0.2, 0) is 0 Å². The third-order valence-corrected chi connectivity index (χ3v) is 2.78. The van der Waals surface area contributed by atoms with E-state index in [-0.39, 0.29) is 5.69 Å². The van der Waals surface area contributed by atoms with Crippen LogP contribution in [-0.4, -0.2) is 12.7 Å². The second-order valence-corrected chi connectivity index (χ2v) is 4.37. The molecule has 9 heteroatoms. The molecule has 0 bridgehead atoms. The summed E-state index contributed by atoms with van der Waals surface area (Å²) in [5.74, 6) is -12.4. The summed E-state index contributed by atoms with van der Waals surface area (Å²) in [7, 11) is 0. The molecule has 0 radical (unpaired) electrons. The molecule has 0 aliphatic heterocycles. The van der Waals surface area contributed by atoms with Gasteiger partial charge in [0.05, 0.1) is 6.61 Å². The maximum atomic E-state index is 13.4. The van der Waals surface area contributed by atoms with Gasteiger partial charge in [-0.15, -0.1) is 0 Å². The lowest BCUT2D eigenvalue weighted by atomic mass is 10.2. The van der Waals surface area contributed by atoms with Crippen LogP contribution in [0.1, 0.15) is 6.92 Å². The first-order valence-corrected chi connectivity index (χ1v) is 6.58. The third-order valence-electron chi connectivity index (χ3n) is 2.78. The first kappa shape index (κ1) is 17.5. The molecule has 0 aromatic heterocycles. The van der Waals surface area contributed by atoms with Gasteiger partial charge in [-0.25, -0.2) is 18.0 Å². The number of ether oxygens (including phenoxy) is 2. The van der Waals surface area contributed by atoms with Gasteiger partial charge in [0.2, 0.25) is 34.8 Å². The van der Waals surface area contributed by atoms with E-state index in [9.17, 15) is 26.7 Å². The Hall–Kier alpha value is -2.84. The number of carbonyl (C=O) groups excluding carboxylic acids is 1. The number of halogens is 5. The van der Waals surface area contributed by atoms with Gasteiger partial charge >= 0.3 is 6.09 Å². The lowest BCUT2D eigenvalue weighted by Crippen LogP contribution is -2.19. The van der Waals surface area contributed by atoms with Crippen molar-refractivity contribution in [1.82, 2.24) is 0 Å². The zero-order valence-corrected chi connectivity index (χ0v) is 12.1. The molecule has 128 valence electrons. The molecule has 1 amide bonds. The second-order valence-electron chi connectivity index (χ2n) is 4.37. The first-order valence-electron chi connectivity index (χ1n) is 6.58. The van der Waals surface area contributed by atoms with E-state index < -0.39 is 40.9 Å². The Morgan fingerprint density at radius 2 is 1.42 bits per heavy atom. The Bertz CT molecular complexity index is 736. The maximum absolute atomic E-state index is 13.4. The Labute approximate surface area is 132 Å². The molecule has 2 aromatic rings. The number of anilines is 1. The minimum absolute atomic E-state index is 0.160. The van der Waals surface area contributed by atoms with E-state index in [0.29, 0.717) is 12.4 Å². The smallest absolute Gasteiger partial charge is 0.417 e. The summed E-state index contributed by atoms with van der Waals surface area (Å²) in [5, 5.41) is 2.08. The standard InChI is InChI=1S/C15H10F5NO3/c1-2-23-8-5-3-7(4-6-8)21-15(22)24-14-12(19)10(17)9(16)11(18)13(14)20/h3-6H,2H2,1H3,(H,21,22). The number of hydrogen-bond acceptors (Lipinski definition) is 3. The monoisotopic (exact) mass is 347 g/mol. The molecule has 24 heavy (non-hydrogen) atoms. The highest BCUT2D eigenvalue weighted by molar-refractivity contribution is 5.86. The first-order chi connectivity index (χ1) is 11.3. The van der Waals surface area contributed by atoms with Crippen LogP contribution in [0.5, 0.6) is 11.5 Å². The van der Waals surface area contributed by atoms with E-state index in [1.54, 1.807) is 6.92 Å². The fourth-order valence-corrected chi connectivity index (χ4v) is 1.71. The summed E-state index contributed by atoms with van der Waals surface area (Å²) in [6.07, 6.45) is -1.43. The molecule has 4 nitrogen and oxygen atoms in total. The summed E-state index contributed by atoms with van der Waals surface area (Å²) < 4.78 is 75.1. The molecule has 0 saturated carbocycles. The molecule has 0 saturated heterocycles. The van der Waals surface area contributed by atoms with Crippen molar-refractivity contribution < 1.29 is 36.2 Å². The highest BCUT2D eigenvalue weighted by Crippen LogP contribution is 2.29. The molecule has 0 fully saturated rings. The van der Waals surface area contributed by atoms with Crippen molar-refractivity contribution >= 4 is 11.8 Å². The number of nitrogens with one attached hydrogen (secondary N) is 1. The Morgan fingerprint density at radius 1 is 0.917 bits per heavy atom. The van der Waals surface area contributed by atoms with E-state index >= 15 is 0 Å². The number of rotatable bonds is 4. The van der Waals surface area contributed by atoms with Crippen LogP contribution >= 0.6 is 0 Å². The van der Waals surface area contributed by atoms with Gasteiger partial charge in [0, 0.05) is 5.69 Å². The fraction of sp³-hybridized carbons (Fsp3) is 0.133. The van der Waals surface area contributed by atoms with Gasteiger partial charge in [0.15, 0.2) is 0 Å². The minimum atomic E-state index is -2.34. The van der Waals surface area contributed by atoms with Crippen molar-refractivity contribution in [2.45, 2.75) is 6.92 Å². The quantitative estimate of drug-likeness (QED) is 0.507. The molecule has 0 spiro atoms. The maximum Gasteiger partial charge on any atom is 0.417 e. The van der Waals surface area contributed by atoms with Crippen LogP contribution in [0, 0.1) is 29.1 Å². The van der Waals surface area contributed by atoms with E-state index in [2.05, 4.69) is 10.1 Å². The van der Waals surface area contributed by atoms with Crippen molar-refractivity contribution in [3.8, 4) is 11.5 Å². The zero-order valence-electron chi connectivity index (χ0n) is 12.1. The molecule has 1 N–H and O–H groups in total. The Morgan fingerprint density at radius 3 is 1.92 bits per heavy atom. The van der Waals surface area contributed by atoms with Crippen LogP contribution in [0.2, 0.25) is 0 Å². The summed E-state index contributed by atoms with van der Waals surface area (Å²) in [4.78, 5) is 11.6. The predicted molar refractivity (Wildman–Crippen MR) is 73.5 cm³/mol. The topological polar surface area (TPSA) is 47.6 Å². The van der Waals surface area contributed by atoms with Gasteiger partial charge in [-0.2, -0.15) is 8.78 Å². The summed E-state index contributed by atoms with van der Waals surface area (Å²) in [6, 6.07) is 5.78. The fourth-order valence-electron chi connectivity index (χ4n) is 1.71. The average molecular weight is 347 g/mol. The van der Waals surface area contributed by atoms with Gasteiger partial charge in [0.25, 0.3) is 0 Å². The van der Waals surface area contributed by atoms with Crippen molar-refractivity contribution in [1.29, 1.82) is 0 Å². The molecular formula is C15H10F5NO3. The van der Waals surface area contributed by atoms with Crippen LogP contribution in [0.25, 0.3) is 0 Å². The molecule has 0 aliphatic carbocycles. The largest absolute Gasteiger partial charge is 0.494 e. The highest BCUT2D eigenvalue weighted by atomic mass is 19.2. The van der Waals surface area contributed by atoms with Crippen LogP contribution in [0.3, 0.4) is 0 Å². The van der Waals surface area contributed by atoms with Crippen molar-refractivity contribution in [2.75, 3.05) is 11.9 Å². The molecule has 0 heterocycles. The zero-order chi connectivity index (χ0) is 17.9. The van der Waals surface area contributed by atoms with Gasteiger partial charge in [-0.05, 0) is 31.2 Å². The van der Waals surface area contributed by atoms with Crippen LogP contribution in [0.15, 0.2) is 24.3 Å². The molecule has 2 aromatic carbocycles. The third kappa shape index (κ3) is 3.55. The molecule has 2 rings (SSSR count). The number of hydrogen-bond donors (Lipinski definition) is 1. The number of carbonyl (C=O) groups is 1. The van der Waals surface area contributed by atoms with E-state index in [1.165, 1.54) is 24.3 Å². The normalized spacial score (nSPS) is 10.4. The Kier molecular flexibility index (Phi) is 5.22. The van der Waals surface area contributed by atoms with Crippen molar-refractivity contribution in [3.05, 3.63) is 53.4 Å². The molecular weight excluding hydrogens is 337 g/mol.